The second-order valence-corrected chi connectivity index (χ2v) is 8.07. The molecule has 0 amide bonds. The molecule has 0 saturated carbocycles. The van der Waals surface area contributed by atoms with E-state index in [-0.39, 0.29) is 11.7 Å². The van der Waals surface area contributed by atoms with Gasteiger partial charge in [0.05, 0.1) is 16.7 Å². The van der Waals surface area contributed by atoms with E-state index < -0.39 is 4.92 Å². The zero-order valence-electron chi connectivity index (χ0n) is 15.7. The summed E-state index contributed by atoms with van der Waals surface area (Å²) in [4.78, 5) is 10.5. The van der Waals surface area contributed by atoms with E-state index in [9.17, 15) is 10.1 Å². The molecule has 1 heterocycles. The van der Waals surface area contributed by atoms with E-state index in [2.05, 4.69) is 21.2 Å². The summed E-state index contributed by atoms with van der Waals surface area (Å²) in [5, 5.41) is 21.3. The predicted octanol–water partition coefficient (Wildman–Crippen LogP) is 5.91. The molecule has 1 atom stereocenters. The zero-order valence-corrected chi connectivity index (χ0v) is 18.1. The number of thiocarbonyl (C=S) groups is 1. The van der Waals surface area contributed by atoms with Crippen LogP contribution in [0, 0.1) is 10.1 Å². The third-order valence-corrected chi connectivity index (χ3v) is 5.63. The molecular formula is C22H17BrN4O2S. The highest BCUT2D eigenvalue weighted by Gasteiger charge is 2.31. The lowest BCUT2D eigenvalue weighted by Gasteiger charge is -2.24. The smallest absolute Gasteiger partial charge is 0.269 e. The average Bonchev–Trinajstić information content (AvgIpc) is 3.22. The quantitative estimate of drug-likeness (QED) is 0.285. The van der Waals surface area contributed by atoms with Crippen LogP contribution in [0.2, 0.25) is 0 Å². The van der Waals surface area contributed by atoms with E-state index in [0.717, 1.165) is 27.0 Å². The molecule has 4 rings (SSSR count). The molecule has 0 aliphatic carbocycles. The molecule has 3 aromatic rings. The number of nitrogens with zero attached hydrogens (tertiary/aromatic N) is 3. The topological polar surface area (TPSA) is 70.8 Å². The minimum atomic E-state index is -0.406. The first-order chi connectivity index (χ1) is 14.5. The van der Waals surface area contributed by atoms with Crippen molar-refractivity contribution in [1.82, 2.24) is 5.01 Å². The largest absolute Gasteiger partial charge is 0.331 e. The van der Waals surface area contributed by atoms with Crippen molar-refractivity contribution in [3.8, 4) is 0 Å². The first-order valence-electron chi connectivity index (χ1n) is 9.24. The summed E-state index contributed by atoms with van der Waals surface area (Å²) < 4.78 is 0.987. The number of benzene rings is 3. The van der Waals surface area contributed by atoms with Crippen LogP contribution in [0.15, 0.2) is 88.4 Å². The first-order valence-corrected chi connectivity index (χ1v) is 10.4. The first kappa shape index (κ1) is 20.2. The summed E-state index contributed by atoms with van der Waals surface area (Å²) in [6.07, 6.45) is 0.643. The number of halogens is 1. The van der Waals surface area contributed by atoms with Crippen LogP contribution in [0.5, 0.6) is 0 Å². The Morgan fingerprint density at radius 1 is 1.07 bits per heavy atom. The third-order valence-electron chi connectivity index (χ3n) is 4.81. The van der Waals surface area contributed by atoms with Crippen LogP contribution in [-0.4, -0.2) is 20.8 Å². The molecule has 30 heavy (non-hydrogen) atoms. The highest BCUT2D eigenvalue weighted by Crippen LogP contribution is 2.33. The Morgan fingerprint density at radius 2 is 1.73 bits per heavy atom. The molecule has 1 aliphatic rings. The van der Waals surface area contributed by atoms with E-state index in [1.54, 1.807) is 12.1 Å². The van der Waals surface area contributed by atoms with Crippen molar-refractivity contribution < 1.29 is 4.92 Å². The van der Waals surface area contributed by atoms with Crippen LogP contribution < -0.4 is 5.32 Å². The molecule has 8 heteroatoms. The Hall–Kier alpha value is -3.10. The Morgan fingerprint density at radius 3 is 2.37 bits per heavy atom. The summed E-state index contributed by atoms with van der Waals surface area (Å²) in [5.74, 6) is 0. The molecule has 0 fully saturated rings. The van der Waals surface area contributed by atoms with E-state index >= 15 is 0 Å². The number of hydrogen-bond acceptors (Lipinski definition) is 4. The molecule has 1 unspecified atom stereocenters. The van der Waals surface area contributed by atoms with Gasteiger partial charge in [-0.05, 0) is 59.7 Å². The Balaban J connectivity index is 1.63. The van der Waals surface area contributed by atoms with Crippen LogP contribution in [0.1, 0.15) is 23.6 Å². The number of nitro groups is 1. The molecule has 0 spiro atoms. The van der Waals surface area contributed by atoms with Gasteiger partial charge in [0.25, 0.3) is 5.69 Å². The molecule has 1 N–H and O–H groups in total. The summed E-state index contributed by atoms with van der Waals surface area (Å²) in [7, 11) is 0. The standard InChI is InChI=1S/C22H17BrN4O2S/c23-17-8-10-18(11-9-17)24-22(30)26-21(16-4-2-1-3-5-16)14-20(25-26)15-6-12-19(13-7-15)27(28)29/h1-13,21H,14H2,(H,24,30). The molecule has 0 bridgehead atoms. The van der Waals surface area contributed by atoms with Crippen molar-refractivity contribution in [2.24, 2.45) is 5.10 Å². The molecule has 0 aromatic heterocycles. The lowest BCUT2D eigenvalue weighted by atomic mass is 9.98. The highest BCUT2D eigenvalue weighted by molar-refractivity contribution is 9.10. The maximum absolute atomic E-state index is 10.9. The van der Waals surface area contributed by atoms with Crippen molar-refractivity contribution in [3.63, 3.8) is 0 Å². The van der Waals surface area contributed by atoms with Gasteiger partial charge in [0.2, 0.25) is 0 Å². The van der Waals surface area contributed by atoms with Gasteiger partial charge in [-0.1, -0.05) is 46.3 Å². The van der Waals surface area contributed by atoms with E-state index in [1.165, 1.54) is 12.1 Å². The molecule has 0 radical (unpaired) electrons. The van der Waals surface area contributed by atoms with Gasteiger partial charge >= 0.3 is 0 Å². The van der Waals surface area contributed by atoms with Gasteiger partial charge in [0.15, 0.2) is 5.11 Å². The number of rotatable bonds is 4. The van der Waals surface area contributed by atoms with Gasteiger partial charge in [-0.2, -0.15) is 5.10 Å². The average molecular weight is 481 g/mol. The zero-order chi connectivity index (χ0) is 21.1. The van der Waals surface area contributed by atoms with E-state index in [1.807, 2.05) is 59.6 Å². The van der Waals surface area contributed by atoms with Gasteiger partial charge < -0.3 is 5.32 Å². The Labute approximate surface area is 187 Å². The van der Waals surface area contributed by atoms with Crippen LogP contribution in [0.3, 0.4) is 0 Å². The summed E-state index contributed by atoms with van der Waals surface area (Å²) in [6.45, 7) is 0. The SMILES string of the molecule is O=[N+]([O-])c1ccc(C2=NN(C(=S)Nc3ccc(Br)cc3)C(c3ccccc3)C2)cc1. The summed E-state index contributed by atoms with van der Waals surface area (Å²) in [5.41, 5.74) is 3.70. The van der Waals surface area contributed by atoms with Crippen LogP contribution >= 0.6 is 28.1 Å². The van der Waals surface area contributed by atoms with Crippen LogP contribution in [0.4, 0.5) is 11.4 Å². The second kappa shape index (κ2) is 8.73. The number of hydrazone groups is 1. The van der Waals surface area contributed by atoms with Gasteiger partial charge in [-0.15, -0.1) is 0 Å². The van der Waals surface area contributed by atoms with E-state index in [0.29, 0.717) is 11.5 Å². The third kappa shape index (κ3) is 4.39. The highest BCUT2D eigenvalue weighted by atomic mass is 79.9. The molecule has 1 aliphatic heterocycles. The summed E-state index contributed by atoms with van der Waals surface area (Å²) in [6, 6.07) is 24.2. The van der Waals surface area contributed by atoms with Crippen molar-refractivity contribution in [2.45, 2.75) is 12.5 Å². The fraction of sp³-hybridized carbons (Fsp3) is 0.0909. The fourth-order valence-corrected chi connectivity index (χ4v) is 3.85. The van der Waals surface area contributed by atoms with Crippen LogP contribution in [-0.2, 0) is 0 Å². The number of non-ortho nitro benzene ring substituents is 1. The molecular weight excluding hydrogens is 464 g/mol. The maximum atomic E-state index is 10.9. The number of anilines is 1. The monoisotopic (exact) mass is 480 g/mol. The summed E-state index contributed by atoms with van der Waals surface area (Å²) >= 11 is 9.10. The van der Waals surface area contributed by atoms with Crippen LogP contribution in [0.25, 0.3) is 0 Å². The molecule has 0 saturated heterocycles. The minimum Gasteiger partial charge on any atom is -0.331 e. The minimum absolute atomic E-state index is 0.0567. The van der Waals surface area contributed by atoms with E-state index in [4.69, 9.17) is 17.3 Å². The number of nitro benzene ring substituents is 1. The predicted molar refractivity (Wildman–Crippen MR) is 126 cm³/mol. The Kier molecular flexibility index (Phi) is 5.87. The van der Waals surface area contributed by atoms with Gasteiger partial charge in [0.1, 0.15) is 0 Å². The second-order valence-electron chi connectivity index (χ2n) is 6.76. The van der Waals surface area contributed by atoms with Gasteiger partial charge in [-0.3, -0.25) is 10.1 Å². The van der Waals surface area contributed by atoms with Crippen molar-refractivity contribution in [3.05, 3.63) is 105 Å². The van der Waals surface area contributed by atoms with Gasteiger partial charge in [0, 0.05) is 28.7 Å². The maximum Gasteiger partial charge on any atom is 0.269 e. The molecule has 3 aromatic carbocycles. The fourth-order valence-electron chi connectivity index (χ4n) is 3.30. The number of hydrogen-bond donors (Lipinski definition) is 1. The Bertz CT molecular complexity index is 1100. The molecule has 6 nitrogen and oxygen atoms in total. The molecule has 150 valence electrons. The van der Waals surface area contributed by atoms with Crippen molar-refractivity contribution in [2.75, 3.05) is 5.32 Å². The number of nitrogens with one attached hydrogen (secondary N) is 1. The lowest BCUT2D eigenvalue weighted by molar-refractivity contribution is -0.384. The van der Waals surface area contributed by atoms with Crippen molar-refractivity contribution in [1.29, 1.82) is 0 Å². The van der Waals surface area contributed by atoms with Crippen molar-refractivity contribution >= 4 is 50.3 Å². The van der Waals surface area contributed by atoms with Gasteiger partial charge in [-0.25, -0.2) is 5.01 Å². The lowest BCUT2D eigenvalue weighted by Crippen LogP contribution is -2.31. The normalized spacial score (nSPS) is 15.6.